The quantitative estimate of drug-likeness (QED) is 0.427. The van der Waals surface area contributed by atoms with E-state index < -0.39 is 10.3 Å². The van der Waals surface area contributed by atoms with Crippen LogP contribution in [-0.4, -0.2) is 28.0 Å². The molecule has 0 amide bonds. The molecule has 3 heteroatoms. The molecule has 2 aromatic carbocycles. The van der Waals surface area contributed by atoms with Gasteiger partial charge in [0.15, 0.2) is 0 Å². The molecule has 2 aromatic rings. The minimum Gasteiger partial charge on any atom is -0.388 e. The summed E-state index contributed by atoms with van der Waals surface area (Å²) in [6, 6.07) is 21.5. The average Bonchev–Trinajstić information content (AvgIpc) is 2.75. The molecule has 1 N–H and O–H groups in total. The van der Waals surface area contributed by atoms with Crippen molar-refractivity contribution in [2.45, 2.75) is 62.2 Å². The van der Waals surface area contributed by atoms with Crippen LogP contribution in [0.1, 0.15) is 63.0 Å². The number of hydrogen-bond acceptors (Lipinski definition) is 3. The van der Waals surface area contributed by atoms with Crippen molar-refractivity contribution >= 4 is 23.5 Å². The lowest BCUT2D eigenvalue weighted by Gasteiger charge is -2.50. The van der Waals surface area contributed by atoms with Crippen LogP contribution in [0.4, 0.5) is 0 Å². The molecule has 1 saturated carbocycles. The molecule has 28 heavy (non-hydrogen) atoms. The standard InChI is InChI=1S/C25H34OS2/c1-2-3-19-27-20-21-28-25(22-13-7-4-8-14-22,23-15-9-5-10-16-23)24(26)17-11-6-12-18-24/h4-5,7-10,13-16,26H,2-3,6,11-12,17-21H2,1H3. The van der Waals surface area contributed by atoms with Crippen LogP contribution in [0, 0.1) is 0 Å². The van der Waals surface area contributed by atoms with E-state index in [0.29, 0.717) is 0 Å². The first-order valence-corrected chi connectivity index (χ1v) is 12.9. The first-order valence-electron chi connectivity index (χ1n) is 10.8. The monoisotopic (exact) mass is 414 g/mol. The van der Waals surface area contributed by atoms with E-state index in [1.807, 2.05) is 11.8 Å². The van der Waals surface area contributed by atoms with Crippen molar-refractivity contribution in [2.24, 2.45) is 0 Å². The Bertz CT molecular complexity index is 641. The Balaban J connectivity index is 1.97. The highest BCUT2D eigenvalue weighted by atomic mass is 32.2. The maximum Gasteiger partial charge on any atom is 0.0944 e. The predicted octanol–water partition coefficient (Wildman–Crippen LogP) is 6.89. The summed E-state index contributed by atoms with van der Waals surface area (Å²) in [5.41, 5.74) is 1.79. The largest absolute Gasteiger partial charge is 0.388 e. The van der Waals surface area contributed by atoms with Gasteiger partial charge in [0.2, 0.25) is 0 Å². The molecule has 1 nitrogen and oxygen atoms in total. The molecule has 3 rings (SSSR count). The van der Waals surface area contributed by atoms with Gasteiger partial charge in [-0.15, -0.1) is 11.8 Å². The van der Waals surface area contributed by atoms with Gasteiger partial charge in [0.25, 0.3) is 0 Å². The second-order valence-corrected chi connectivity index (χ2v) is 10.4. The van der Waals surface area contributed by atoms with Gasteiger partial charge in [-0.2, -0.15) is 11.8 Å². The van der Waals surface area contributed by atoms with Crippen molar-refractivity contribution in [1.82, 2.24) is 0 Å². The summed E-state index contributed by atoms with van der Waals surface area (Å²) < 4.78 is -0.402. The van der Waals surface area contributed by atoms with Crippen LogP contribution in [0.5, 0.6) is 0 Å². The van der Waals surface area contributed by atoms with Crippen molar-refractivity contribution in [3.05, 3.63) is 71.8 Å². The van der Waals surface area contributed by atoms with Crippen LogP contribution in [-0.2, 0) is 4.75 Å². The Morgan fingerprint density at radius 2 is 1.39 bits per heavy atom. The van der Waals surface area contributed by atoms with Gasteiger partial charge in [0, 0.05) is 11.5 Å². The van der Waals surface area contributed by atoms with E-state index in [0.717, 1.165) is 37.2 Å². The fraction of sp³-hybridized carbons (Fsp3) is 0.520. The molecule has 1 aliphatic carbocycles. The topological polar surface area (TPSA) is 20.2 Å². The molecule has 0 saturated heterocycles. The fourth-order valence-corrected chi connectivity index (χ4v) is 7.33. The lowest BCUT2D eigenvalue weighted by atomic mass is 9.69. The zero-order valence-electron chi connectivity index (χ0n) is 17.1. The molecule has 0 heterocycles. The van der Waals surface area contributed by atoms with Gasteiger partial charge in [0.1, 0.15) is 0 Å². The van der Waals surface area contributed by atoms with Gasteiger partial charge in [-0.1, -0.05) is 93.3 Å². The Hall–Kier alpha value is -0.900. The third-order valence-electron chi connectivity index (χ3n) is 5.89. The highest BCUT2D eigenvalue weighted by Gasteiger charge is 2.53. The molecule has 0 spiro atoms. The highest BCUT2D eigenvalue weighted by molar-refractivity contribution is 8.03. The van der Waals surface area contributed by atoms with Gasteiger partial charge in [-0.3, -0.25) is 0 Å². The molecule has 0 unspecified atom stereocenters. The first kappa shape index (κ1) is 21.8. The molecule has 152 valence electrons. The van der Waals surface area contributed by atoms with E-state index in [9.17, 15) is 5.11 Å². The second kappa shape index (κ2) is 10.8. The van der Waals surface area contributed by atoms with E-state index in [-0.39, 0.29) is 0 Å². The maximum atomic E-state index is 12.1. The summed E-state index contributed by atoms with van der Waals surface area (Å²) in [7, 11) is 0. The number of thioether (sulfide) groups is 2. The molecular weight excluding hydrogens is 380 g/mol. The normalized spacial score (nSPS) is 16.8. The third-order valence-corrected chi connectivity index (χ3v) is 8.91. The molecule has 0 bridgehead atoms. The van der Waals surface area contributed by atoms with Crippen molar-refractivity contribution < 1.29 is 5.11 Å². The van der Waals surface area contributed by atoms with Crippen LogP contribution in [0.3, 0.4) is 0 Å². The van der Waals surface area contributed by atoms with Crippen molar-refractivity contribution in [1.29, 1.82) is 0 Å². The van der Waals surface area contributed by atoms with Crippen molar-refractivity contribution in [2.75, 3.05) is 17.3 Å². The molecule has 1 fully saturated rings. The Morgan fingerprint density at radius 1 is 0.821 bits per heavy atom. The Labute approximate surface area is 179 Å². The lowest BCUT2D eigenvalue weighted by Crippen LogP contribution is -2.52. The van der Waals surface area contributed by atoms with E-state index in [1.165, 1.54) is 36.1 Å². The van der Waals surface area contributed by atoms with E-state index in [1.54, 1.807) is 0 Å². The van der Waals surface area contributed by atoms with Crippen LogP contribution < -0.4 is 0 Å². The summed E-state index contributed by atoms with van der Waals surface area (Å²) >= 11 is 4.02. The van der Waals surface area contributed by atoms with Gasteiger partial charge >= 0.3 is 0 Å². The van der Waals surface area contributed by atoms with E-state index in [4.69, 9.17) is 0 Å². The van der Waals surface area contributed by atoms with Crippen LogP contribution in [0.2, 0.25) is 0 Å². The summed E-state index contributed by atoms with van der Waals surface area (Å²) in [6.45, 7) is 2.25. The van der Waals surface area contributed by atoms with Gasteiger partial charge in [0.05, 0.1) is 10.3 Å². The first-order chi connectivity index (χ1) is 13.7. The highest BCUT2D eigenvalue weighted by Crippen LogP contribution is 2.55. The fourth-order valence-electron chi connectivity index (χ4n) is 4.44. The Morgan fingerprint density at radius 3 is 1.93 bits per heavy atom. The third kappa shape index (κ3) is 4.80. The Kier molecular flexibility index (Phi) is 8.37. The molecule has 0 radical (unpaired) electrons. The number of aliphatic hydroxyl groups is 1. The predicted molar refractivity (Wildman–Crippen MR) is 126 cm³/mol. The van der Waals surface area contributed by atoms with E-state index >= 15 is 0 Å². The van der Waals surface area contributed by atoms with Crippen LogP contribution in [0.25, 0.3) is 0 Å². The summed E-state index contributed by atoms with van der Waals surface area (Å²) in [5.74, 6) is 3.44. The molecule has 0 aromatic heterocycles. The summed E-state index contributed by atoms with van der Waals surface area (Å²) in [5, 5.41) is 12.1. The van der Waals surface area contributed by atoms with Crippen molar-refractivity contribution in [3.63, 3.8) is 0 Å². The van der Waals surface area contributed by atoms with E-state index in [2.05, 4.69) is 79.3 Å². The summed E-state index contributed by atoms with van der Waals surface area (Å²) in [4.78, 5) is 0. The van der Waals surface area contributed by atoms with Crippen molar-refractivity contribution in [3.8, 4) is 0 Å². The minimum atomic E-state index is -0.702. The van der Waals surface area contributed by atoms with Crippen LogP contribution in [0.15, 0.2) is 60.7 Å². The molecule has 0 atom stereocenters. The lowest BCUT2D eigenvalue weighted by molar-refractivity contribution is -0.0226. The van der Waals surface area contributed by atoms with Gasteiger partial charge in [-0.25, -0.2) is 0 Å². The number of hydrogen-bond donors (Lipinski definition) is 1. The number of benzene rings is 2. The maximum absolute atomic E-state index is 12.1. The zero-order valence-corrected chi connectivity index (χ0v) is 18.7. The molecule has 1 aliphatic rings. The minimum absolute atomic E-state index is 0.402. The molecular formula is C25H34OS2. The van der Waals surface area contributed by atoms with Gasteiger partial charge < -0.3 is 5.11 Å². The number of rotatable bonds is 10. The smallest absolute Gasteiger partial charge is 0.0944 e. The SMILES string of the molecule is CCCCSCCSC(c1ccccc1)(c1ccccc1)C1(O)CCCCC1. The average molecular weight is 415 g/mol. The molecule has 0 aliphatic heterocycles. The number of unbranched alkanes of at least 4 members (excludes halogenated alkanes) is 1. The van der Waals surface area contributed by atoms with Crippen LogP contribution >= 0.6 is 23.5 Å². The zero-order chi connectivity index (χ0) is 19.7. The second-order valence-electron chi connectivity index (χ2n) is 7.82. The summed E-state index contributed by atoms with van der Waals surface area (Å²) in [6.07, 6.45) is 7.78. The van der Waals surface area contributed by atoms with Gasteiger partial charge in [-0.05, 0) is 36.1 Å².